The summed E-state index contributed by atoms with van der Waals surface area (Å²) in [6.07, 6.45) is 2.85. The SMILES string of the molecule is O=C(/C=C/c1ccc2c(c1)OCCO2)c1cc(F)ccc1O. The van der Waals surface area contributed by atoms with Gasteiger partial charge in [0, 0.05) is 0 Å². The van der Waals surface area contributed by atoms with Crippen LogP contribution in [0.2, 0.25) is 0 Å². The van der Waals surface area contributed by atoms with Crippen LogP contribution in [0.4, 0.5) is 4.39 Å². The van der Waals surface area contributed by atoms with Crippen molar-refractivity contribution in [1.29, 1.82) is 0 Å². The van der Waals surface area contributed by atoms with Gasteiger partial charge in [-0.1, -0.05) is 12.1 Å². The Bertz CT molecular complexity index is 752. The number of benzene rings is 2. The second-order valence-corrected chi connectivity index (χ2v) is 4.76. The predicted octanol–water partition coefficient (Wildman–Crippen LogP) is 3.20. The molecule has 3 rings (SSSR count). The van der Waals surface area contributed by atoms with E-state index in [0.29, 0.717) is 24.7 Å². The molecular formula is C17H13FO4. The summed E-state index contributed by atoms with van der Waals surface area (Å²) in [7, 11) is 0. The molecule has 0 amide bonds. The summed E-state index contributed by atoms with van der Waals surface area (Å²) >= 11 is 0. The van der Waals surface area contributed by atoms with Crippen LogP contribution in [0.3, 0.4) is 0 Å². The van der Waals surface area contributed by atoms with Gasteiger partial charge in [-0.25, -0.2) is 4.39 Å². The van der Waals surface area contributed by atoms with Crippen molar-refractivity contribution in [1.82, 2.24) is 0 Å². The van der Waals surface area contributed by atoms with Gasteiger partial charge in [0.1, 0.15) is 24.8 Å². The number of allylic oxidation sites excluding steroid dienone is 1. The van der Waals surface area contributed by atoms with Crippen LogP contribution in [0.15, 0.2) is 42.5 Å². The fourth-order valence-electron chi connectivity index (χ4n) is 2.13. The van der Waals surface area contributed by atoms with Crippen LogP contribution in [0, 0.1) is 5.82 Å². The second-order valence-electron chi connectivity index (χ2n) is 4.76. The number of halogens is 1. The molecule has 0 saturated carbocycles. The lowest BCUT2D eigenvalue weighted by Crippen LogP contribution is -2.15. The van der Waals surface area contributed by atoms with Crippen molar-refractivity contribution in [2.75, 3.05) is 13.2 Å². The number of aromatic hydroxyl groups is 1. The maximum absolute atomic E-state index is 13.1. The van der Waals surface area contributed by atoms with Crippen molar-refractivity contribution < 1.29 is 23.8 Å². The summed E-state index contributed by atoms with van der Waals surface area (Å²) in [6, 6.07) is 8.55. The molecular weight excluding hydrogens is 287 g/mol. The molecule has 1 N–H and O–H groups in total. The molecule has 1 aliphatic rings. The van der Waals surface area contributed by atoms with Crippen LogP contribution in [-0.4, -0.2) is 24.1 Å². The number of carbonyl (C=O) groups is 1. The van der Waals surface area contributed by atoms with Crippen molar-refractivity contribution in [3.8, 4) is 17.2 Å². The molecule has 0 radical (unpaired) electrons. The maximum atomic E-state index is 13.1. The van der Waals surface area contributed by atoms with Gasteiger partial charge in [0.15, 0.2) is 17.3 Å². The molecule has 4 nitrogen and oxygen atoms in total. The highest BCUT2D eigenvalue weighted by Crippen LogP contribution is 2.31. The van der Waals surface area contributed by atoms with Gasteiger partial charge in [-0.2, -0.15) is 0 Å². The Balaban J connectivity index is 1.81. The molecule has 0 saturated heterocycles. The van der Waals surface area contributed by atoms with Crippen LogP contribution in [-0.2, 0) is 0 Å². The molecule has 0 spiro atoms. The molecule has 112 valence electrons. The molecule has 2 aromatic rings. The third kappa shape index (κ3) is 2.93. The molecule has 1 aliphatic heterocycles. The van der Waals surface area contributed by atoms with E-state index >= 15 is 0 Å². The Labute approximate surface area is 126 Å². The second kappa shape index (κ2) is 5.89. The monoisotopic (exact) mass is 300 g/mol. The van der Waals surface area contributed by atoms with Crippen LogP contribution >= 0.6 is 0 Å². The van der Waals surface area contributed by atoms with Crippen molar-refractivity contribution in [3.05, 3.63) is 59.4 Å². The number of phenolic OH excluding ortho intramolecular Hbond substituents is 1. The Morgan fingerprint density at radius 3 is 2.68 bits per heavy atom. The van der Waals surface area contributed by atoms with Gasteiger partial charge in [-0.15, -0.1) is 0 Å². The molecule has 2 aromatic carbocycles. The largest absolute Gasteiger partial charge is 0.507 e. The first kappa shape index (κ1) is 14.1. The average Bonchev–Trinajstić information content (AvgIpc) is 2.54. The Kier molecular flexibility index (Phi) is 3.78. The molecule has 0 fully saturated rings. The van der Waals surface area contributed by atoms with Gasteiger partial charge in [-0.3, -0.25) is 4.79 Å². The van der Waals surface area contributed by atoms with Crippen molar-refractivity contribution in [3.63, 3.8) is 0 Å². The molecule has 0 aromatic heterocycles. The van der Waals surface area contributed by atoms with Gasteiger partial charge in [0.05, 0.1) is 5.56 Å². The summed E-state index contributed by atoms with van der Waals surface area (Å²) in [5.41, 5.74) is 0.669. The highest BCUT2D eigenvalue weighted by molar-refractivity contribution is 6.08. The fourth-order valence-corrected chi connectivity index (χ4v) is 2.13. The molecule has 22 heavy (non-hydrogen) atoms. The van der Waals surface area contributed by atoms with Crippen LogP contribution in [0.1, 0.15) is 15.9 Å². The molecule has 5 heteroatoms. The summed E-state index contributed by atoms with van der Waals surface area (Å²) in [5, 5.41) is 9.60. The summed E-state index contributed by atoms with van der Waals surface area (Å²) < 4.78 is 24.0. The average molecular weight is 300 g/mol. The first-order chi connectivity index (χ1) is 10.6. The standard InChI is InChI=1S/C17H13FO4/c18-12-3-5-15(20)13(10-12)14(19)4-1-11-2-6-16-17(9-11)22-8-7-21-16/h1-6,9-10,20H,7-8H2/b4-1+. The van der Waals surface area contributed by atoms with E-state index in [1.54, 1.807) is 24.3 Å². The number of phenols is 1. The Morgan fingerprint density at radius 2 is 1.86 bits per heavy atom. The zero-order chi connectivity index (χ0) is 15.5. The van der Waals surface area contributed by atoms with Crippen molar-refractivity contribution in [2.24, 2.45) is 0 Å². The van der Waals surface area contributed by atoms with Gasteiger partial charge in [-0.05, 0) is 42.0 Å². The quantitative estimate of drug-likeness (QED) is 0.698. The number of fused-ring (bicyclic) bond motifs is 1. The molecule has 0 aliphatic carbocycles. The number of ether oxygens (including phenoxy) is 2. The first-order valence-corrected chi connectivity index (χ1v) is 6.74. The van der Waals surface area contributed by atoms with E-state index in [1.807, 2.05) is 0 Å². The van der Waals surface area contributed by atoms with E-state index < -0.39 is 11.6 Å². The van der Waals surface area contributed by atoms with E-state index in [0.717, 1.165) is 23.8 Å². The number of carbonyl (C=O) groups excluding carboxylic acids is 1. The number of hydrogen-bond donors (Lipinski definition) is 1. The van der Waals surface area contributed by atoms with E-state index in [-0.39, 0.29) is 11.3 Å². The summed E-state index contributed by atoms with van der Waals surface area (Å²) in [6.45, 7) is 0.996. The van der Waals surface area contributed by atoms with Crippen molar-refractivity contribution in [2.45, 2.75) is 0 Å². The normalized spacial score (nSPS) is 13.3. The van der Waals surface area contributed by atoms with E-state index in [9.17, 15) is 14.3 Å². The number of ketones is 1. The minimum absolute atomic E-state index is 0.0752. The number of rotatable bonds is 3. The lowest BCUT2D eigenvalue weighted by Gasteiger charge is -2.18. The molecule has 0 unspecified atom stereocenters. The minimum Gasteiger partial charge on any atom is -0.507 e. The lowest BCUT2D eigenvalue weighted by molar-refractivity contribution is 0.104. The maximum Gasteiger partial charge on any atom is 0.189 e. The first-order valence-electron chi connectivity index (χ1n) is 6.74. The van der Waals surface area contributed by atoms with E-state index in [2.05, 4.69) is 0 Å². The van der Waals surface area contributed by atoms with Crippen LogP contribution < -0.4 is 9.47 Å². The highest BCUT2D eigenvalue weighted by atomic mass is 19.1. The highest BCUT2D eigenvalue weighted by Gasteiger charge is 2.12. The van der Waals surface area contributed by atoms with Crippen molar-refractivity contribution >= 4 is 11.9 Å². The Morgan fingerprint density at radius 1 is 1.09 bits per heavy atom. The topological polar surface area (TPSA) is 55.8 Å². The summed E-state index contributed by atoms with van der Waals surface area (Å²) in [4.78, 5) is 12.0. The third-order valence-corrected chi connectivity index (χ3v) is 3.22. The predicted molar refractivity (Wildman–Crippen MR) is 78.9 cm³/mol. The van der Waals surface area contributed by atoms with Crippen LogP contribution in [0.25, 0.3) is 6.08 Å². The third-order valence-electron chi connectivity index (χ3n) is 3.22. The van der Waals surface area contributed by atoms with Gasteiger partial charge in [0.2, 0.25) is 0 Å². The fraction of sp³-hybridized carbons (Fsp3) is 0.118. The Hall–Kier alpha value is -2.82. The summed E-state index contributed by atoms with van der Waals surface area (Å²) in [5.74, 6) is -0.0223. The zero-order valence-electron chi connectivity index (χ0n) is 11.6. The smallest absolute Gasteiger partial charge is 0.189 e. The minimum atomic E-state index is -0.575. The number of hydrogen-bond acceptors (Lipinski definition) is 4. The van der Waals surface area contributed by atoms with Gasteiger partial charge >= 0.3 is 0 Å². The lowest BCUT2D eigenvalue weighted by atomic mass is 10.1. The van der Waals surface area contributed by atoms with Crippen LogP contribution in [0.5, 0.6) is 17.2 Å². The molecule has 0 atom stereocenters. The molecule has 1 heterocycles. The van der Waals surface area contributed by atoms with Gasteiger partial charge < -0.3 is 14.6 Å². The van der Waals surface area contributed by atoms with E-state index in [4.69, 9.17) is 9.47 Å². The zero-order valence-corrected chi connectivity index (χ0v) is 11.6. The molecule has 0 bridgehead atoms. The van der Waals surface area contributed by atoms with Gasteiger partial charge in [0.25, 0.3) is 0 Å². The van der Waals surface area contributed by atoms with E-state index in [1.165, 1.54) is 6.08 Å².